The van der Waals surface area contributed by atoms with E-state index in [1.54, 1.807) is 0 Å². The second-order valence-electron chi connectivity index (χ2n) is 4.16. The zero-order chi connectivity index (χ0) is 11.1. The number of urea groups is 1. The number of amides is 3. The minimum absolute atomic E-state index is 0.0227. The van der Waals surface area contributed by atoms with Crippen molar-refractivity contribution in [3.05, 3.63) is 0 Å². The van der Waals surface area contributed by atoms with Gasteiger partial charge >= 0.3 is 6.03 Å². The van der Waals surface area contributed by atoms with Gasteiger partial charge in [0, 0.05) is 7.05 Å². The van der Waals surface area contributed by atoms with Gasteiger partial charge in [-0.2, -0.15) is 0 Å². The Morgan fingerprint density at radius 2 is 1.93 bits per heavy atom. The van der Waals surface area contributed by atoms with Crippen molar-refractivity contribution in [2.24, 2.45) is 0 Å². The van der Waals surface area contributed by atoms with Crippen LogP contribution in [0.2, 0.25) is 0 Å². The maximum atomic E-state index is 12.0. The Bertz CT molecular complexity index is 321. The van der Waals surface area contributed by atoms with Crippen LogP contribution in [0.3, 0.4) is 0 Å². The summed E-state index contributed by atoms with van der Waals surface area (Å²) in [5, 5.41) is 0. The highest BCUT2D eigenvalue weighted by molar-refractivity contribution is 6.07. The van der Waals surface area contributed by atoms with Crippen LogP contribution in [-0.2, 0) is 9.59 Å². The van der Waals surface area contributed by atoms with Gasteiger partial charge in [0.25, 0.3) is 5.91 Å². The number of likely N-dealkylation sites (N-methyl/N-ethyl adjacent to an activating group) is 1. The lowest BCUT2D eigenvalue weighted by Gasteiger charge is -2.29. The molecular weight excluding hydrogens is 196 g/mol. The first kappa shape index (κ1) is 10.1. The lowest BCUT2D eigenvalue weighted by molar-refractivity contribution is -0.132. The minimum Gasteiger partial charge on any atom is -0.303 e. The van der Waals surface area contributed by atoms with Gasteiger partial charge in [-0.25, -0.2) is 4.79 Å². The summed E-state index contributed by atoms with van der Waals surface area (Å²) in [6.07, 6.45) is 3.96. The Labute approximate surface area is 88.0 Å². The standard InChI is InChI=1S/C10H14N2O3/c1-11-8(14)10(4-2-3-5-10)12(6-7-13)9(11)15/h7H,2-6H2,1H3. The molecule has 5 heteroatoms. The van der Waals surface area contributed by atoms with E-state index in [-0.39, 0.29) is 18.5 Å². The summed E-state index contributed by atoms with van der Waals surface area (Å²) in [4.78, 5) is 36.8. The molecule has 15 heavy (non-hydrogen) atoms. The largest absolute Gasteiger partial charge is 0.327 e. The van der Waals surface area contributed by atoms with Gasteiger partial charge in [0.1, 0.15) is 11.8 Å². The highest BCUT2D eigenvalue weighted by atomic mass is 16.2. The lowest BCUT2D eigenvalue weighted by atomic mass is 9.96. The zero-order valence-corrected chi connectivity index (χ0v) is 8.73. The summed E-state index contributed by atoms with van der Waals surface area (Å²) in [5.74, 6) is -0.146. The number of hydrogen-bond acceptors (Lipinski definition) is 3. The molecule has 1 aliphatic carbocycles. The number of hydrogen-bond donors (Lipinski definition) is 0. The average molecular weight is 210 g/mol. The monoisotopic (exact) mass is 210 g/mol. The van der Waals surface area contributed by atoms with Crippen LogP contribution in [0.4, 0.5) is 4.79 Å². The molecule has 0 aromatic rings. The molecule has 0 atom stereocenters. The van der Waals surface area contributed by atoms with Gasteiger partial charge in [-0.3, -0.25) is 9.69 Å². The average Bonchev–Trinajstić information content (AvgIpc) is 2.77. The quantitative estimate of drug-likeness (QED) is 0.489. The van der Waals surface area contributed by atoms with Crippen molar-refractivity contribution in [1.82, 2.24) is 9.80 Å². The molecule has 3 amide bonds. The highest BCUT2D eigenvalue weighted by Gasteiger charge is 2.56. The molecule has 1 spiro atoms. The van der Waals surface area contributed by atoms with Crippen LogP contribution in [0.5, 0.6) is 0 Å². The van der Waals surface area contributed by atoms with Gasteiger partial charge in [-0.15, -0.1) is 0 Å². The molecule has 1 aliphatic heterocycles. The van der Waals surface area contributed by atoms with E-state index in [4.69, 9.17) is 0 Å². The van der Waals surface area contributed by atoms with Crippen LogP contribution in [0.25, 0.3) is 0 Å². The highest BCUT2D eigenvalue weighted by Crippen LogP contribution is 2.40. The maximum Gasteiger partial charge on any atom is 0.327 e. The van der Waals surface area contributed by atoms with Crippen molar-refractivity contribution in [1.29, 1.82) is 0 Å². The third-order valence-corrected chi connectivity index (χ3v) is 3.43. The SMILES string of the molecule is CN1C(=O)N(CC=O)C2(CCCC2)C1=O. The Hall–Kier alpha value is -1.39. The van der Waals surface area contributed by atoms with E-state index in [2.05, 4.69) is 0 Å². The Balaban J connectivity index is 2.37. The summed E-state index contributed by atoms with van der Waals surface area (Å²) in [6.45, 7) is 0.0227. The van der Waals surface area contributed by atoms with Gasteiger partial charge in [-0.05, 0) is 12.8 Å². The molecule has 0 bridgehead atoms. The Morgan fingerprint density at radius 1 is 1.33 bits per heavy atom. The van der Waals surface area contributed by atoms with E-state index in [0.29, 0.717) is 19.1 Å². The number of aldehydes is 1. The van der Waals surface area contributed by atoms with E-state index >= 15 is 0 Å². The Kier molecular flexibility index (Phi) is 2.25. The van der Waals surface area contributed by atoms with E-state index in [1.807, 2.05) is 0 Å². The van der Waals surface area contributed by atoms with Crippen LogP contribution >= 0.6 is 0 Å². The molecule has 1 saturated heterocycles. The van der Waals surface area contributed by atoms with Crippen LogP contribution < -0.4 is 0 Å². The fourth-order valence-electron chi connectivity index (χ4n) is 2.65. The van der Waals surface area contributed by atoms with E-state index in [9.17, 15) is 14.4 Å². The van der Waals surface area contributed by atoms with E-state index in [1.165, 1.54) is 11.9 Å². The summed E-state index contributed by atoms with van der Waals surface area (Å²) < 4.78 is 0. The number of carbonyl (C=O) groups is 3. The molecule has 2 fully saturated rings. The molecule has 5 nitrogen and oxygen atoms in total. The summed E-state index contributed by atoms with van der Waals surface area (Å²) in [5.41, 5.74) is -0.702. The van der Waals surface area contributed by atoms with Gasteiger partial charge in [-0.1, -0.05) is 12.8 Å². The smallest absolute Gasteiger partial charge is 0.303 e. The molecule has 1 heterocycles. The van der Waals surface area contributed by atoms with Gasteiger partial charge in [0.05, 0.1) is 6.54 Å². The molecular formula is C10H14N2O3. The van der Waals surface area contributed by atoms with Crippen LogP contribution in [0.15, 0.2) is 0 Å². The number of carbonyl (C=O) groups excluding carboxylic acids is 3. The second kappa shape index (κ2) is 3.32. The summed E-state index contributed by atoms with van der Waals surface area (Å²) >= 11 is 0. The second-order valence-corrected chi connectivity index (χ2v) is 4.16. The third kappa shape index (κ3) is 1.19. The fraction of sp³-hybridized carbons (Fsp3) is 0.700. The maximum absolute atomic E-state index is 12.0. The predicted molar refractivity (Wildman–Crippen MR) is 52.1 cm³/mol. The van der Waals surface area contributed by atoms with Gasteiger partial charge in [0.2, 0.25) is 0 Å². The lowest BCUT2D eigenvalue weighted by Crippen LogP contribution is -2.48. The van der Waals surface area contributed by atoms with Crippen LogP contribution in [0.1, 0.15) is 25.7 Å². The number of imide groups is 1. The topological polar surface area (TPSA) is 57.7 Å². The summed E-state index contributed by atoms with van der Waals surface area (Å²) in [7, 11) is 1.48. The van der Waals surface area contributed by atoms with Crippen molar-refractivity contribution >= 4 is 18.2 Å². The normalized spacial score (nSPS) is 24.3. The number of nitrogens with zero attached hydrogens (tertiary/aromatic N) is 2. The molecule has 0 N–H and O–H groups in total. The molecule has 0 aromatic carbocycles. The van der Waals surface area contributed by atoms with Crippen molar-refractivity contribution in [3.8, 4) is 0 Å². The molecule has 0 radical (unpaired) electrons. The minimum atomic E-state index is -0.702. The molecule has 82 valence electrons. The fourth-order valence-corrected chi connectivity index (χ4v) is 2.65. The molecule has 0 aromatic heterocycles. The van der Waals surface area contributed by atoms with Crippen LogP contribution in [0, 0.1) is 0 Å². The molecule has 2 aliphatic rings. The first-order valence-corrected chi connectivity index (χ1v) is 5.17. The molecule has 0 unspecified atom stereocenters. The number of rotatable bonds is 2. The first-order valence-electron chi connectivity index (χ1n) is 5.17. The predicted octanol–water partition coefficient (Wildman–Crippen LogP) is 0.392. The molecule has 2 rings (SSSR count). The summed E-state index contributed by atoms with van der Waals surface area (Å²) in [6, 6.07) is -0.339. The zero-order valence-electron chi connectivity index (χ0n) is 8.73. The third-order valence-electron chi connectivity index (χ3n) is 3.43. The van der Waals surface area contributed by atoms with Crippen molar-refractivity contribution in [2.75, 3.05) is 13.6 Å². The van der Waals surface area contributed by atoms with Crippen molar-refractivity contribution < 1.29 is 14.4 Å². The van der Waals surface area contributed by atoms with E-state index < -0.39 is 5.54 Å². The Morgan fingerprint density at radius 3 is 2.47 bits per heavy atom. The van der Waals surface area contributed by atoms with Gasteiger partial charge < -0.3 is 9.69 Å². The molecule has 1 saturated carbocycles. The van der Waals surface area contributed by atoms with Crippen molar-refractivity contribution in [2.45, 2.75) is 31.2 Å². The first-order chi connectivity index (χ1) is 7.13. The van der Waals surface area contributed by atoms with Crippen molar-refractivity contribution in [3.63, 3.8) is 0 Å². The van der Waals surface area contributed by atoms with E-state index in [0.717, 1.165) is 17.7 Å². The van der Waals surface area contributed by atoms with Gasteiger partial charge in [0.15, 0.2) is 0 Å². The van der Waals surface area contributed by atoms with Crippen LogP contribution in [-0.4, -0.2) is 47.2 Å².